The van der Waals surface area contributed by atoms with Crippen molar-refractivity contribution in [2.24, 2.45) is 0 Å². The molecule has 0 aliphatic carbocycles. The predicted octanol–water partition coefficient (Wildman–Crippen LogP) is 3.36. The highest BCUT2D eigenvalue weighted by atomic mass is 17.2. The Labute approximate surface area is 131 Å². The van der Waals surface area contributed by atoms with Gasteiger partial charge in [-0.25, -0.2) is 4.79 Å². The molecule has 0 unspecified atom stereocenters. The van der Waals surface area contributed by atoms with Crippen LogP contribution in [-0.4, -0.2) is 27.3 Å². The minimum Gasteiger partial charge on any atom is -0.493 e. The summed E-state index contributed by atoms with van der Waals surface area (Å²) in [5, 5.41) is 0. The minimum absolute atomic E-state index is 0.237. The molecule has 0 N–H and O–H groups in total. The van der Waals surface area contributed by atoms with Crippen LogP contribution in [0.15, 0.2) is 12.1 Å². The summed E-state index contributed by atoms with van der Waals surface area (Å²) in [5.41, 5.74) is 0.237. The van der Waals surface area contributed by atoms with Gasteiger partial charge in [-0.05, 0) is 18.6 Å². The third-order valence-electron chi connectivity index (χ3n) is 2.91. The molecule has 0 fully saturated rings. The zero-order valence-corrected chi connectivity index (χ0v) is 13.2. The first-order chi connectivity index (χ1) is 10.7. The van der Waals surface area contributed by atoms with Crippen LogP contribution in [0.25, 0.3) is 0 Å². The van der Waals surface area contributed by atoms with Crippen LogP contribution in [0.5, 0.6) is 17.2 Å². The van der Waals surface area contributed by atoms with Crippen molar-refractivity contribution < 1.29 is 28.8 Å². The van der Waals surface area contributed by atoms with Gasteiger partial charge in [-0.1, -0.05) is 26.2 Å². The molecule has 6 heteroatoms. The largest absolute Gasteiger partial charge is 0.493 e. The Morgan fingerprint density at radius 3 is 2.23 bits per heavy atom. The molecule has 0 saturated carbocycles. The van der Waals surface area contributed by atoms with Crippen LogP contribution in [0.1, 0.15) is 36.0 Å². The topological polar surface area (TPSA) is 63.2 Å². The summed E-state index contributed by atoms with van der Waals surface area (Å²) in [5.74, 6) is 0.497. The summed E-state index contributed by atoms with van der Waals surface area (Å²) >= 11 is 0. The van der Waals surface area contributed by atoms with E-state index in [0.29, 0.717) is 23.7 Å². The van der Waals surface area contributed by atoms with E-state index in [9.17, 15) is 4.79 Å². The third-order valence-corrected chi connectivity index (χ3v) is 2.91. The highest BCUT2D eigenvalue weighted by Gasteiger charge is 2.18. The Hall–Kier alpha value is -1.95. The number of rotatable bonds is 10. The van der Waals surface area contributed by atoms with E-state index in [0.717, 1.165) is 19.3 Å². The molecule has 0 saturated heterocycles. The maximum absolute atomic E-state index is 11.9. The summed E-state index contributed by atoms with van der Waals surface area (Å²) in [6.45, 7) is 5.19. The van der Waals surface area contributed by atoms with Crippen LogP contribution in [0.4, 0.5) is 0 Å². The summed E-state index contributed by atoms with van der Waals surface area (Å²) in [4.78, 5) is 21.5. The summed E-state index contributed by atoms with van der Waals surface area (Å²) in [6.07, 6.45) is 3.50. The van der Waals surface area contributed by atoms with Gasteiger partial charge in [0.25, 0.3) is 0 Å². The Balaban J connectivity index is 2.65. The first-order valence-electron chi connectivity index (χ1n) is 6.96. The van der Waals surface area contributed by atoms with Gasteiger partial charge in [0, 0.05) is 0 Å². The van der Waals surface area contributed by atoms with Crippen LogP contribution in [0.2, 0.25) is 0 Å². The highest BCUT2D eigenvalue weighted by Crippen LogP contribution is 2.38. The number of benzene rings is 1. The molecule has 0 bridgehead atoms. The predicted molar refractivity (Wildman–Crippen MR) is 80.7 cm³/mol. The number of unbranched alkanes of at least 4 members (excludes halogenated alkanes) is 3. The van der Waals surface area contributed by atoms with Gasteiger partial charge in [-0.3, -0.25) is 4.89 Å². The Morgan fingerprint density at radius 1 is 1.09 bits per heavy atom. The van der Waals surface area contributed by atoms with E-state index < -0.39 is 5.97 Å². The minimum atomic E-state index is -0.646. The van der Waals surface area contributed by atoms with Crippen molar-refractivity contribution >= 4 is 5.97 Å². The van der Waals surface area contributed by atoms with Crippen LogP contribution >= 0.6 is 0 Å². The fraction of sp³-hybridized carbons (Fsp3) is 0.438. The fourth-order valence-corrected chi connectivity index (χ4v) is 1.78. The molecule has 1 aromatic rings. The van der Waals surface area contributed by atoms with Gasteiger partial charge in [0.2, 0.25) is 5.75 Å². The molecular formula is C16H22O6. The molecule has 122 valence electrons. The maximum Gasteiger partial charge on any atom is 0.373 e. The zero-order chi connectivity index (χ0) is 16.4. The van der Waals surface area contributed by atoms with E-state index in [1.807, 2.05) is 0 Å². The summed E-state index contributed by atoms with van der Waals surface area (Å²) < 4.78 is 15.5. The zero-order valence-electron chi connectivity index (χ0n) is 13.2. The van der Waals surface area contributed by atoms with E-state index in [1.54, 1.807) is 0 Å². The van der Waals surface area contributed by atoms with Crippen LogP contribution in [0, 0.1) is 13.5 Å². The number of carbonyl (C=O) groups is 1. The number of hydrogen-bond donors (Lipinski definition) is 0. The average molecular weight is 310 g/mol. The van der Waals surface area contributed by atoms with Crippen LogP contribution in [0.3, 0.4) is 0 Å². The van der Waals surface area contributed by atoms with E-state index in [-0.39, 0.29) is 5.56 Å². The molecule has 2 radical (unpaired) electrons. The van der Waals surface area contributed by atoms with Crippen molar-refractivity contribution in [3.05, 3.63) is 31.2 Å². The number of ether oxygens (including phenoxy) is 3. The second kappa shape index (κ2) is 9.89. The molecule has 0 atom stereocenters. The van der Waals surface area contributed by atoms with E-state index in [1.165, 1.54) is 40.1 Å². The van der Waals surface area contributed by atoms with Gasteiger partial charge in [0.1, 0.15) is 6.61 Å². The molecule has 22 heavy (non-hydrogen) atoms. The van der Waals surface area contributed by atoms with E-state index in [4.69, 9.17) is 24.0 Å². The Kier molecular flexibility index (Phi) is 8.14. The Morgan fingerprint density at radius 2 is 1.73 bits per heavy atom. The van der Waals surface area contributed by atoms with Gasteiger partial charge in [-0.2, -0.15) is 4.89 Å². The first kappa shape index (κ1) is 18.1. The van der Waals surface area contributed by atoms with Crippen molar-refractivity contribution in [2.45, 2.75) is 25.7 Å². The number of methoxy groups -OCH3 is 3. The van der Waals surface area contributed by atoms with Gasteiger partial charge in [0.05, 0.1) is 26.9 Å². The molecular weight excluding hydrogens is 288 g/mol. The van der Waals surface area contributed by atoms with Crippen molar-refractivity contribution in [3.8, 4) is 17.2 Å². The quantitative estimate of drug-likeness (QED) is 0.375. The average Bonchev–Trinajstić information content (AvgIpc) is 2.56. The smallest absolute Gasteiger partial charge is 0.373 e. The Bertz CT molecular complexity index is 447. The molecule has 6 nitrogen and oxygen atoms in total. The van der Waals surface area contributed by atoms with E-state index in [2.05, 4.69) is 6.92 Å². The first-order valence-corrected chi connectivity index (χ1v) is 6.96. The van der Waals surface area contributed by atoms with Crippen molar-refractivity contribution in [1.29, 1.82) is 0 Å². The van der Waals surface area contributed by atoms with E-state index >= 15 is 0 Å². The number of hydrogen-bond acceptors (Lipinski definition) is 6. The molecule has 0 spiro atoms. The monoisotopic (exact) mass is 310 g/mol. The summed E-state index contributed by atoms with van der Waals surface area (Å²) in [7, 11) is 4.43. The van der Waals surface area contributed by atoms with Crippen molar-refractivity contribution in [3.63, 3.8) is 0 Å². The lowest BCUT2D eigenvalue weighted by molar-refractivity contribution is -0.213. The van der Waals surface area contributed by atoms with Gasteiger partial charge in [-0.15, -0.1) is 0 Å². The summed E-state index contributed by atoms with van der Waals surface area (Å²) in [6, 6.07) is 2.99. The fourth-order valence-electron chi connectivity index (χ4n) is 1.78. The highest BCUT2D eigenvalue weighted by molar-refractivity contribution is 5.90. The lowest BCUT2D eigenvalue weighted by Crippen LogP contribution is -2.07. The lowest BCUT2D eigenvalue weighted by atomic mass is 10.2. The second-order valence-corrected chi connectivity index (χ2v) is 4.40. The third kappa shape index (κ3) is 5.11. The maximum atomic E-state index is 11.9. The normalized spacial score (nSPS) is 10.2. The molecule has 0 heterocycles. The van der Waals surface area contributed by atoms with Gasteiger partial charge < -0.3 is 14.2 Å². The van der Waals surface area contributed by atoms with Crippen LogP contribution < -0.4 is 14.2 Å². The van der Waals surface area contributed by atoms with Crippen molar-refractivity contribution in [1.82, 2.24) is 0 Å². The van der Waals surface area contributed by atoms with Crippen molar-refractivity contribution in [2.75, 3.05) is 21.3 Å². The molecule has 0 aliphatic heterocycles. The van der Waals surface area contributed by atoms with Crippen LogP contribution in [-0.2, 0) is 9.78 Å². The molecule has 1 rings (SSSR count). The van der Waals surface area contributed by atoms with Gasteiger partial charge in [0.15, 0.2) is 11.5 Å². The molecule has 0 aromatic heterocycles. The van der Waals surface area contributed by atoms with Gasteiger partial charge >= 0.3 is 5.97 Å². The standard InChI is InChI=1S/C16H22O6/c1-5-6-7-8-9-21-22-16(17)12-10-13(18-2)15(20-4)14(11-12)19-3/h9-11H,1,5-8H2,2-4H3. The number of carbonyl (C=O) groups excluding carboxylic acids is 1. The molecule has 0 amide bonds. The SMILES string of the molecule is [CH2]CCCC[CH]OOC(=O)c1cc(OC)c(OC)c(OC)c1. The second-order valence-electron chi connectivity index (χ2n) is 4.40. The molecule has 1 aromatic carbocycles. The lowest BCUT2D eigenvalue weighted by Gasteiger charge is -2.13. The molecule has 0 aliphatic rings.